The van der Waals surface area contributed by atoms with Gasteiger partial charge >= 0.3 is 0 Å². The molecule has 2 aromatic rings. The monoisotopic (exact) mass is 379 g/mol. The average Bonchev–Trinajstić information content (AvgIpc) is 3.30. The van der Waals surface area contributed by atoms with Gasteiger partial charge < -0.3 is 10.1 Å². The van der Waals surface area contributed by atoms with Crippen molar-refractivity contribution in [3.05, 3.63) is 53.3 Å². The van der Waals surface area contributed by atoms with E-state index < -0.39 is 5.60 Å². The molecule has 1 amide bonds. The van der Waals surface area contributed by atoms with E-state index in [1.165, 1.54) is 0 Å². The van der Waals surface area contributed by atoms with Crippen LogP contribution >= 0.6 is 0 Å². The lowest BCUT2D eigenvalue weighted by atomic mass is 9.86. The lowest BCUT2D eigenvalue weighted by molar-refractivity contribution is -0.155. The van der Waals surface area contributed by atoms with Crippen LogP contribution in [0, 0.1) is 11.3 Å². The fourth-order valence-corrected chi connectivity index (χ4v) is 4.38. The molecule has 2 aliphatic heterocycles. The first-order chi connectivity index (χ1) is 13.5. The Hall–Kier alpha value is -2.69. The third kappa shape index (κ3) is 3.19. The minimum absolute atomic E-state index is 0.0477. The zero-order valence-corrected chi connectivity index (χ0v) is 16.3. The zero-order chi connectivity index (χ0) is 19.7. The third-order valence-corrected chi connectivity index (χ3v) is 5.60. The van der Waals surface area contributed by atoms with Crippen LogP contribution in [-0.2, 0) is 16.1 Å². The fourth-order valence-electron chi connectivity index (χ4n) is 4.38. The molecule has 1 spiro atoms. The van der Waals surface area contributed by atoms with Crippen molar-refractivity contribution in [1.29, 1.82) is 5.26 Å². The Kier molecular flexibility index (Phi) is 4.92. The van der Waals surface area contributed by atoms with Crippen LogP contribution in [0.3, 0.4) is 0 Å². The van der Waals surface area contributed by atoms with Crippen LogP contribution in [-0.4, -0.2) is 52.4 Å². The molecule has 2 fully saturated rings. The molecule has 0 bridgehead atoms. The van der Waals surface area contributed by atoms with Gasteiger partial charge in [-0.2, -0.15) is 10.4 Å². The summed E-state index contributed by atoms with van der Waals surface area (Å²) in [4.78, 5) is 15.2. The summed E-state index contributed by atoms with van der Waals surface area (Å²) < 4.78 is 8.16. The number of hydrogen-bond donors (Lipinski definition) is 1. The van der Waals surface area contributed by atoms with E-state index in [4.69, 9.17) is 10.00 Å². The van der Waals surface area contributed by atoms with Crippen LogP contribution in [0.2, 0.25) is 0 Å². The number of hydrogen-bond acceptors (Lipinski definition) is 5. The second kappa shape index (κ2) is 7.38. The minimum atomic E-state index is -0.905. The summed E-state index contributed by atoms with van der Waals surface area (Å²) in [6.45, 7) is 7.11. The molecule has 1 aromatic carbocycles. The normalized spacial score (nSPS) is 25.2. The zero-order valence-electron chi connectivity index (χ0n) is 16.3. The van der Waals surface area contributed by atoms with Gasteiger partial charge in [0.25, 0.3) is 5.91 Å². The minimum Gasteiger partial charge on any atom is -0.361 e. The van der Waals surface area contributed by atoms with E-state index in [1.54, 1.807) is 12.3 Å². The van der Waals surface area contributed by atoms with Crippen LogP contribution in [0.15, 0.2) is 36.5 Å². The van der Waals surface area contributed by atoms with Gasteiger partial charge in [-0.1, -0.05) is 12.1 Å². The number of morpholine rings is 1. The topological polar surface area (TPSA) is 83.2 Å². The highest BCUT2D eigenvalue weighted by atomic mass is 16.5. The smallest absolute Gasteiger partial charge is 0.254 e. The summed E-state index contributed by atoms with van der Waals surface area (Å²) in [6.07, 6.45) is 1.79. The number of benzene rings is 1. The molecule has 1 aromatic heterocycles. The summed E-state index contributed by atoms with van der Waals surface area (Å²) in [5.74, 6) is -0.148. The number of nitrogens with zero attached hydrogens (tertiary/aromatic N) is 4. The Morgan fingerprint density at radius 3 is 3.04 bits per heavy atom. The van der Waals surface area contributed by atoms with E-state index >= 15 is 0 Å². The molecule has 7 nitrogen and oxygen atoms in total. The number of nitrogens with one attached hydrogen (secondary N) is 1. The molecule has 3 heterocycles. The first kappa shape index (κ1) is 18.7. The lowest BCUT2D eigenvalue weighted by Gasteiger charge is -2.37. The maximum absolute atomic E-state index is 13.0. The van der Waals surface area contributed by atoms with E-state index in [0.29, 0.717) is 38.3 Å². The number of carbonyl (C=O) groups is 1. The molecule has 0 aliphatic carbocycles. The first-order valence-corrected chi connectivity index (χ1v) is 9.70. The molecule has 4 rings (SSSR count). The van der Waals surface area contributed by atoms with Crippen LogP contribution in [0.1, 0.15) is 42.6 Å². The predicted octanol–water partition coefficient (Wildman–Crippen LogP) is 1.82. The Bertz CT molecular complexity index is 916. The SMILES string of the molecule is CC(C)n1nccc1[C@@H]1CN(Cc2cccc(C#N)c2)C[C@@]12OCCNC2=O. The van der Waals surface area contributed by atoms with Gasteiger partial charge in [0.2, 0.25) is 0 Å². The molecule has 2 aliphatic rings. The molecule has 0 saturated carbocycles. The second-order valence-corrected chi connectivity index (χ2v) is 7.82. The molecule has 28 heavy (non-hydrogen) atoms. The van der Waals surface area contributed by atoms with Crippen molar-refractivity contribution in [3.8, 4) is 6.07 Å². The number of ether oxygens (including phenoxy) is 1. The number of aromatic nitrogens is 2. The molecule has 146 valence electrons. The number of carbonyl (C=O) groups excluding carboxylic acids is 1. The fraction of sp³-hybridized carbons (Fsp3) is 0.476. The van der Waals surface area contributed by atoms with Crippen molar-refractivity contribution >= 4 is 5.91 Å². The Morgan fingerprint density at radius 1 is 1.43 bits per heavy atom. The van der Waals surface area contributed by atoms with Crippen LogP contribution in [0.5, 0.6) is 0 Å². The van der Waals surface area contributed by atoms with Crippen LogP contribution < -0.4 is 5.32 Å². The van der Waals surface area contributed by atoms with E-state index in [2.05, 4.69) is 35.2 Å². The summed E-state index contributed by atoms with van der Waals surface area (Å²) >= 11 is 0. The molecular formula is C21H25N5O2. The molecular weight excluding hydrogens is 354 g/mol. The Labute approximate surface area is 164 Å². The first-order valence-electron chi connectivity index (χ1n) is 9.70. The quantitative estimate of drug-likeness (QED) is 0.876. The molecule has 7 heteroatoms. The maximum Gasteiger partial charge on any atom is 0.254 e. The van der Waals surface area contributed by atoms with Gasteiger partial charge in [0.05, 0.1) is 24.2 Å². The van der Waals surface area contributed by atoms with Crippen molar-refractivity contribution in [3.63, 3.8) is 0 Å². The summed E-state index contributed by atoms with van der Waals surface area (Å²) in [5.41, 5.74) is 1.83. The number of nitriles is 1. The highest BCUT2D eigenvalue weighted by Gasteiger charge is 2.56. The van der Waals surface area contributed by atoms with Crippen LogP contribution in [0.4, 0.5) is 0 Å². The standard InChI is InChI=1S/C21H25N5O2/c1-15(2)26-19(6-7-24-26)18-13-25(12-17-5-3-4-16(10-17)11-22)14-21(18)20(27)23-8-9-28-21/h3-7,10,15,18H,8-9,12-14H2,1-2H3,(H,23,27)/t18-,21+/m0/s1. The van der Waals surface area contributed by atoms with Gasteiger partial charge in [0.1, 0.15) is 0 Å². The van der Waals surface area contributed by atoms with Gasteiger partial charge in [-0.05, 0) is 37.6 Å². The molecule has 2 saturated heterocycles. The number of likely N-dealkylation sites (tertiary alicyclic amines) is 1. The summed E-state index contributed by atoms with van der Waals surface area (Å²) in [6, 6.07) is 12.0. The third-order valence-electron chi connectivity index (χ3n) is 5.60. The van der Waals surface area contributed by atoms with E-state index in [0.717, 1.165) is 11.3 Å². The van der Waals surface area contributed by atoms with E-state index in [9.17, 15) is 4.79 Å². The largest absolute Gasteiger partial charge is 0.361 e. The maximum atomic E-state index is 13.0. The highest BCUT2D eigenvalue weighted by Crippen LogP contribution is 2.41. The number of amides is 1. The van der Waals surface area contributed by atoms with Gasteiger partial charge in [0, 0.05) is 44.1 Å². The van der Waals surface area contributed by atoms with Crippen molar-refractivity contribution in [2.75, 3.05) is 26.2 Å². The van der Waals surface area contributed by atoms with E-state index in [1.807, 2.05) is 28.9 Å². The Morgan fingerprint density at radius 2 is 2.29 bits per heavy atom. The molecule has 0 unspecified atom stereocenters. The van der Waals surface area contributed by atoms with Crippen molar-refractivity contribution < 1.29 is 9.53 Å². The summed E-state index contributed by atoms with van der Waals surface area (Å²) in [7, 11) is 0. The second-order valence-electron chi connectivity index (χ2n) is 7.82. The molecule has 1 N–H and O–H groups in total. The summed E-state index contributed by atoms with van der Waals surface area (Å²) in [5, 5.41) is 16.6. The highest BCUT2D eigenvalue weighted by molar-refractivity contribution is 5.88. The van der Waals surface area contributed by atoms with E-state index in [-0.39, 0.29) is 17.9 Å². The van der Waals surface area contributed by atoms with Gasteiger partial charge in [-0.3, -0.25) is 14.4 Å². The van der Waals surface area contributed by atoms with Gasteiger partial charge in [-0.25, -0.2) is 0 Å². The van der Waals surface area contributed by atoms with Crippen molar-refractivity contribution in [2.45, 2.75) is 38.0 Å². The predicted molar refractivity (Wildman–Crippen MR) is 103 cm³/mol. The van der Waals surface area contributed by atoms with Crippen molar-refractivity contribution in [2.24, 2.45) is 0 Å². The van der Waals surface area contributed by atoms with Gasteiger partial charge in [-0.15, -0.1) is 0 Å². The van der Waals surface area contributed by atoms with Crippen molar-refractivity contribution in [1.82, 2.24) is 20.0 Å². The average molecular weight is 379 g/mol. The molecule has 2 atom stereocenters. The van der Waals surface area contributed by atoms with Gasteiger partial charge in [0.15, 0.2) is 5.60 Å². The number of rotatable bonds is 4. The van der Waals surface area contributed by atoms with Crippen LogP contribution in [0.25, 0.3) is 0 Å². The lowest BCUT2D eigenvalue weighted by Crippen LogP contribution is -2.59. The molecule has 0 radical (unpaired) electrons. The Balaban J connectivity index is 1.66.